The van der Waals surface area contributed by atoms with Gasteiger partial charge in [-0.2, -0.15) is 8.42 Å². The first-order chi connectivity index (χ1) is 16.7. The lowest BCUT2D eigenvalue weighted by atomic mass is 10.1. The zero-order valence-corrected chi connectivity index (χ0v) is 20.6. The zero-order chi connectivity index (χ0) is 25.2. The first-order valence-electron chi connectivity index (χ1n) is 10.9. The maximum atomic E-state index is 13.2. The summed E-state index contributed by atoms with van der Waals surface area (Å²) in [6, 6.07) is 8.38. The molecule has 1 N–H and O–H groups in total. The van der Waals surface area contributed by atoms with Crippen LogP contribution in [0.1, 0.15) is 32.3 Å². The number of rotatable bonds is 9. The number of nitrogens with one attached hydrogen (secondary N) is 1. The molecule has 0 bridgehead atoms. The van der Waals surface area contributed by atoms with E-state index in [0.717, 1.165) is 5.56 Å². The summed E-state index contributed by atoms with van der Waals surface area (Å²) in [5, 5.41) is 4.22. The fourth-order valence-corrected chi connectivity index (χ4v) is 4.46. The second kappa shape index (κ2) is 9.82. The minimum atomic E-state index is -4.05. The van der Waals surface area contributed by atoms with E-state index in [2.05, 4.69) is 14.8 Å². The van der Waals surface area contributed by atoms with E-state index >= 15 is 0 Å². The van der Waals surface area contributed by atoms with Crippen LogP contribution in [0.5, 0.6) is 17.4 Å². The van der Waals surface area contributed by atoms with Crippen molar-refractivity contribution in [1.82, 2.24) is 14.8 Å². The molecule has 3 aromatic rings. The van der Waals surface area contributed by atoms with Gasteiger partial charge in [0, 0.05) is 20.2 Å². The summed E-state index contributed by atoms with van der Waals surface area (Å²) in [7, 11) is -2.46. The van der Waals surface area contributed by atoms with Crippen LogP contribution >= 0.6 is 0 Å². The summed E-state index contributed by atoms with van der Waals surface area (Å²) < 4.78 is 51.9. The quantitative estimate of drug-likeness (QED) is 0.346. The predicted octanol–water partition coefficient (Wildman–Crippen LogP) is 3.08. The Morgan fingerprint density at radius 2 is 1.94 bits per heavy atom. The molecule has 0 amide bonds. The molecule has 3 heterocycles. The SMILES string of the molecule is CC(=O)OCCOc1nn(C)c(NS(=O)(=O)c2ccc(C(C)C)cn2)c1-c1ccc2c(c1)OCO2. The van der Waals surface area contributed by atoms with Crippen molar-refractivity contribution in [2.45, 2.75) is 31.7 Å². The Balaban J connectivity index is 1.70. The molecule has 12 heteroatoms. The van der Waals surface area contributed by atoms with Crippen LogP contribution in [-0.4, -0.2) is 49.2 Å². The average molecular weight is 503 g/mol. The maximum Gasteiger partial charge on any atom is 0.302 e. The van der Waals surface area contributed by atoms with Gasteiger partial charge in [-0.1, -0.05) is 26.0 Å². The summed E-state index contributed by atoms with van der Waals surface area (Å²) in [4.78, 5) is 15.2. The number of carbonyl (C=O) groups excluding carboxylic acids is 1. The maximum absolute atomic E-state index is 13.2. The Labute approximate surface area is 203 Å². The van der Waals surface area contributed by atoms with Crippen molar-refractivity contribution in [3.05, 3.63) is 42.1 Å². The number of fused-ring (bicyclic) bond motifs is 1. The third-order valence-corrected chi connectivity index (χ3v) is 6.49. The van der Waals surface area contributed by atoms with E-state index in [1.54, 1.807) is 37.5 Å². The third kappa shape index (κ3) is 5.32. The number of anilines is 1. The van der Waals surface area contributed by atoms with Crippen LogP contribution in [0.15, 0.2) is 41.6 Å². The molecule has 0 radical (unpaired) electrons. The fourth-order valence-electron chi connectivity index (χ4n) is 3.43. The van der Waals surface area contributed by atoms with E-state index in [0.29, 0.717) is 22.6 Å². The van der Waals surface area contributed by atoms with Crippen LogP contribution in [0, 0.1) is 0 Å². The Morgan fingerprint density at radius 1 is 1.17 bits per heavy atom. The van der Waals surface area contributed by atoms with Gasteiger partial charge in [-0.15, -0.1) is 5.10 Å². The van der Waals surface area contributed by atoms with Crippen LogP contribution in [0.4, 0.5) is 5.82 Å². The van der Waals surface area contributed by atoms with Gasteiger partial charge in [0.05, 0.1) is 5.56 Å². The van der Waals surface area contributed by atoms with Gasteiger partial charge >= 0.3 is 5.97 Å². The molecular formula is C23H26N4O7S. The monoisotopic (exact) mass is 502 g/mol. The smallest absolute Gasteiger partial charge is 0.302 e. The molecule has 35 heavy (non-hydrogen) atoms. The van der Waals surface area contributed by atoms with Crippen molar-refractivity contribution in [3.63, 3.8) is 0 Å². The van der Waals surface area contributed by atoms with E-state index < -0.39 is 16.0 Å². The number of aryl methyl sites for hydroxylation is 1. The number of nitrogens with zero attached hydrogens (tertiary/aromatic N) is 3. The largest absolute Gasteiger partial charge is 0.472 e. The highest BCUT2D eigenvalue weighted by molar-refractivity contribution is 7.92. The highest BCUT2D eigenvalue weighted by atomic mass is 32.2. The number of benzene rings is 1. The van der Waals surface area contributed by atoms with Gasteiger partial charge in [0.25, 0.3) is 10.0 Å². The summed E-state index contributed by atoms with van der Waals surface area (Å²) in [5.41, 5.74) is 1.90. The lowest BCUT2D eigenvalue weighted by molar-refractivity contribution is -0.141. The zero-order valence-electron chi connectivity index (χ0n) is 19.8. The molecule has 186 valence electrons. The number of esters is 1. The van der Waals surface area contributed by atoms with Crippen LogP contribution in [0.2, 0.25) is 0 Å². The Hall–Kier alpha value is -3.80. The minimum Gasteiger partial charge on any atom is -0.472 e. The van der Waals surface area contributed by atoms with Crippen molar-refractivity contribution < 1.29 is 32.2 Å². The number of ether oxygens (including phenoxy) is 4. The van der Waals surface area contributed by atoms with E-state index in [4.69, 9.17) is 18.9 Å². The van der Waals surface area contributed by atoms with Gasteiger partial charge in [0.15, 0.2) is 16.5 Å². The van der Waals surface area contributed by atoms with E-state index in [1.807, 2.05) is 13.8 Å². The number of carbonyl (C=O) groups is 1. The predicted molar refractivity (Wildman–Crippen MR) is 126 cm³/mol. The number of aromatic nitrogens is 3. The highest BCUT2D eigenvalue weighted by Crippen LogP contribution is 2.42. The lowest BCUT2D eigenvalue weighted by Gasteiger charge is -2.12. The van der Waals surface area contributed by atoms with Crippen molar-refractivity contribution in [1.29, 1.82) is 0 Å². The van der Waals surface area contributed by atoms with Crippen molar-refractivity contribution in [2.24, 2.45) is 7.05 Å². The third-order valence-electron chi connectivity index (χ3n) is 5.24. The molecule has 4 rings (SSSR count). The molecule has 0 unspecified atom stereocenters. The van der Waals surface area contributed by atoms with Gasteiger partial charge in [-0.25, -0.2) is 9.67 Å². The molecule has 0 aliphatic carbocycles. The van der Waals surface area contributed by atoms with Gasteiger partial charge in [-0.05, 0) is 35.2 Å². The number of hydrogen-bond donors (Lipinski definition) is 1. The van der Waals surface area contributed by atoms with Crippen LogP contribution in [-0.2, 0) is 26.6 Å². The van der Waals surface area contributed by atoms with Crippen LogP contribution < -0.4 is 18.9 Å². The van der Waals surface area contributed by atoms with Crippen LogP contribution in [0.3, 0.4) is 0 Å². The van der Waals surface area contributed by atoms with Gasteiger partial charge in [0.2, 0.25) is 12.7 Å². The van der Waals surface area contributed by atoms with Gasteiger partial charge < -0.3 is 18.9 Å². The number of sulfonamides is 1. The summed E-state index contributed by atoms with van der Waals surface area (Å²) in [6.45, 7) is 5.43. The van der Waals surface area contributed by atoms with Crippen molar-refractivity contribution >= 4 is 21.8 Å². The summed E-state index contributed by atoms with van der Waals surface area (Å²) in [6.07, 6.45) is 1.55. The lowest BCUT2D eigenvalue weighted by Crippen LogP contribution is -2.17. The molecule has 0 saturated carbocycles. The second-order valence-corrected chi connectivity index (χ2v) is 9.73. The average Bonchev–Trinajstić information content (AvgIpc) is 3.40. The van der Waals surface area contributed by atoms with Crippen LogP contribution in [0.25, 0.3) is 11.1 Å². The number of hydrogen-bond acceptors (Lipinski definition) is 9. The molecule has 2 aromatic heterocycles. The van der Waals surface area contributed by atoms with Crippen molar-refractivity contribution in [3.8, 4) is 28.5 Å². The van der Waals surface area contributed by atoms with E-state index in [-0.39, 0.29) is 42.6 Å². The molecule has 0 fully saturated rings. The molecule has 0 atom stereocenters. The molecule has 1 aliphatic heterocycles. The molecule has 11 nitrogen and oxygen atoms in total. The van der Waals surface area contributed by atoms with Crippen molar-refractivity contribution in [2.75, 3.05) is 24.7 Å². The standard InChI is InChI=1S/C23H26N4O7S/c1-14(2)17-6-8-20(24-12-17)35(29,30)26-22-21(16-5-7-18-19(11-16)34-13-33-18)23(25-27(22)4)32-10-9-31-15(3)28/h5-8,11-12,14,26H,9-10,13H2,1-4H3. The Kier molecular flexibility index (Phi) is 6.83. The Bertz CT molecular complexity index is 1330. The second-order valence-electron chi connectivity index (χ2n) is 8.10. The summed E-state index contributed by atoms with van der Waals surface area (Å²) >= 11 is 0. The fraction of sp³-hybridized carbons (Fsp3) is 0.348. The molecule has 1 aromatic carbocycles. The molecule has 0 saturated heterocycles. The molecular weight excluding hydrogens is 476 g/mol. The van der Waals surface area contributed by atoms with Gasteiger partial charge in [-0.3, -0.25) is 9.52 Å². The van der Waals surface area contributed by atoms with E-state index in [9.17, 15) is 13.2 Å². The topological polar surface area (TPSA) is 131 Å². The molecule has 0 spiro atoms. The summed E-state index contributed by atoms with van der Waals surface area (Å²) in [5.74, 6) is 1.19. The van der Waals surface area contributed by atoms with Gasteiger partial charge in [0.1, 0.15) is 19.0 Å². The first kappa shape index (κ1) is 24.3. The Morgan fingerprint density at radius 3 is 2.63 bits per heavy atom. The highest BCUT2D eigenvalue weighted by Gasteiger charge is 2.27. The number of pyridine rings is 1. The normalized spacial score (nSPS) is 12.6. The first-order valence-corrected chi connectivity index (χ1v) is 12.4. The van der Waals surface area contributed by atoms with E-state index in [1.165, 1.54) is 17.7 Å². The molecule has 1 aliphatic rings. The minimum absolute atomic E-state index is 0.0136.